The van der Waals surface area contributed by atoms with E-state index in [4.69, 9.17) is 5.73 Å². The van der Waals surface area contributed by atoms with Crippen molar-refractivity contribution < 1.29 is 17.6 Å². The summed E-state index contributed by atoms with van der Waals surface area (Å²) in [5.41, 5.74) is 6.92. The Kier molecular flexibility index (Phi) is 4.64. The monoisotopic (exact) mass is 476 g/mol. The van der Waals surface area contributed by atoms with Gasteiger partial charge in [-0.25, -0.2) is 22.3 Å². The summed E-state index contributed by atoms with van der Waals surface area (Å²) in [4.78, 5) is 21.9. The number of halogens is 1. The summed E-state index contributed by atoms with van der Waals surface area (Å²) < 4.78 is 41.7. The zero-order valence-electron chi connectivity index (χ0n) is 17.2. The van der Waals surface area contributed by atoms with Gasteiger partial charge in [-0.1, -0.05) is 24.2 Å². The van der Waals surface area contributed by atoms with Gasteiger partial charge in [0.15, 0.2) is 9.84 Å². The molecule has 3 aromatic rings. The van der Waals surface area contributed by atoms with Gasteiger partial charge in [0.25, 0.3) is 5.91 Å². The van der Waals surface area contributed by atoms with Gasteiger partial charge < -0.3 is 11.1 Å². The third-order valence-electron chi connectivity index (χ3n) is 6.34. The van der Waals surface area contributed by atoms with Crippen molar-refractivity contribution >= 4 is 43.6 Å². The van der Waals surface area contributed by atoms with Crippen LogP contribution in [0.3, 0.4) is 0 Å². The molecule has 9 nitrogen and oxygen atoms in total. The van der Waals surface area contributed by atoms with Gasteiger partial charge in [0, 0.05) is 11.3 Å². The van der Waals surface area contributed by atoms with Crippen LogP contribution < -0.4 is 11.1 Å². The van der Waals surface area contributed by atoms with Gasteiger partial charge in [-0.05, 0) is 38.0 Å². The van der Waals surface area contributed by atoms with E-state index in [1.54, 1.807) is 12.4 Å². The molecule has 1 fully saturated rings. The minimum absolute atomic E-state index is 0.0446. The topological polar surface area (TPSA) is 132 Å². The Balaban J connectivity index is 1.49. The number of rotatable bonds is 3. The normalized spacial score (nSPS) is 24.0. The largest absolute Gasteiger partial charge is 0.386 e. The predicted molar refractivity (Wildman–Crippen MR) is 119 cm³/mol. The molecule has 12 heteroatoms. The first-order valence-electron chi connectivity index (χ1n) is 10.1. The van der Waals surface area contributed by atoms with Gasteiger partial charge in [0.05, 0.1) is 11.9 Å². The summed E-state index contributed by atoms with van der Waals surface area (Å²) in [6.07, 6.45) is 3.91. The number of hydrogen-bond donors (Lipinski definition) is 2. The zero-order valence-corrected chi connectivity index (χ0v) is 18.8. The third kappa shape index (κ3) is 3.12. The number of nitrogens with zero attached hydrogens (tertiary/aromatic N) is 4. The van der Waals surface area contributed by atoms with Crippen LogP contribution in [0.2, 0.25) is 0 Å². The molecule has 1 aliphatic heterocycles. The molecule has 1 unspecified atom stereocenters. The highest BCUT2D eigenvalue weighted by atomic mass is 32.2. The van der Waals surface area contributed by atoms with Crippen molar-refractivity contribution in [1.29, 1.82) is 0 Å². The average Bonchev–Trinajstić information content (AvgIpc) is 3.44. The van der Waals surface area contributed by atoms with Crippen LogP contribution in [0.5, 0.6) is 0 Å². The molecule has 1 spiro atoms. The quantitative estimate of drug-likeness (QED) is 0.597. The lowest BCUT2D eigenvalue weighted by Gasteiger charge is -2.39. The Morgan fingerprint density at radius 3 is 2.75 bits per heavy atom. The Morgan fingerprint density at radius 2 is 2.06 bits per heavy atom. The average molecular weight is 477 g/mol. The first kappa shape index (κ1) is 21.0. The van der Waals surface area contributed by atoms with Crippen molar-refractivity contribution in [2.24, 2.45) is 10.7 Å². The summed E-state index contributed by atoms with van der Waals surface area (Å²) in [7, 11) is -3.66. The summed E-state index contributed by atoms with van der Waals surface area (Å²) in [6, 6.07) is 3.99. The van der Waals surface area contributed by atoms with E-state index in [1.165, 1.54) is 40.2 Å². The Bertz CT molecular complexity index is 1340. The number of amidine groups is 1. The number of nitrogens with two attached hydrogens (primary N) is 1. The van der Waals surface area contributed by atoms with Gasteiger partial charge in [0.2, 0.25) is 4.96 Å². The molecule has 2 aromatic heterocycles. The molecule has 3 heterocycles. The van der Waals surface area contributed by atoms with Gasteiger partial charge in [-0.3, -0.25) is 9.79 Å². The van der Waals surface area contributed by atoms with Gasteiger partial charge >= 0.3 is 0 Å². The van der Waals surface area contributed by atoms with E-state index in [0.717, 1.165) is 12.8 Å². The molecule has 1 atom stereocenters. The Labute approximate surface area is 187 Å². The molecule has 1 aliphatic carbocycles. The van der Waals surface area contributed by atoms with E-state index in [-0.39, 0.29) is 22.8 Å². The first-order chi connectivity index (χ1) is 15.1. The molecular weight excluding hydrogens is 455 g/mol. The molecule has 2 aliphatic rings. The Hall–Kier alpha value is -2.86. The highest BCUT2D eigenvalue weighted by Crippen LogP contribution is 2.45. The number of amides is 1. The lowest BCUT2D eigenvalue weighted by molar-refractivity contribution is 0.102. The predicted octanol–water partition coefficient (Wildman–Crippen LogP) is 2.50. The second-order valence-corrected chi connectivity index (χ2v) is 11.6. The fraction of sp³-hybridized carbons (Fsp3) is 0.400. The Morgan fingerprint density at radius 1 is 1.31 bits per heavy atom. The number of carbonyl (C=O) groups excluding carboxylic acids is 1. The molecule has 0 bridgehead atoms. The summed E-state index contributed by atoms with van der Waals surface area (Å²) in [6.45, 7) is 1.55. The fourth-order valence-corrected chi connectivity index (χ4v) is 7.79. The molecular formula is C20H21FN6O3S2. The number of benzene rings is 1. The standard InChI is InChI=1S/C20H21FN6O3S2/c1-19(10-32(29,30)20(17(22)26-19)6-2-3-7-20)13-8-12(4-5-14(13)21)24-16(28)15-9-27-18(25-15)31-11-23-27/h4-5,8-9,11H,2-3,6-7,10H2,1H3,(H2,22,26)(H,24,28). The minimum atomic E-state index is -3.66. The van der Waals surface area contributed by atoms with Crippen LogP contribution in [-0.2, 0) is 15.4 Å². The number of hydrogen-bond acceptors (Lipinski definition) is 8. The van der Waals surface area contributed by atoms with Crippen LogP contribution in [0, 0.1) is 5.82 Å². The molecule has 32 heavy (non-hydrogen) atoms. The lowest BCUT2D eigenvalue weighted by Crippen LogP contribution is -2.56. The first-order valence-corrected chi connectivity index (χ1v) is 12.7. The number of fused-ring (bicyclic) bond motifs is 1. The highest BCUT2D eigenvalue weighted by molar-refractivity contribution is 7.93. The molecule has 0 saturated heterocycles. The minimum Gasteiger partial charge on any atom is -0.386 e. The third-order valence-corrected chi connectivity index (χ3v) is 9.77. The van der Waals surface area contributed by atoms with Crippen molar-refractivity contribution in [2.45, 2.75) is 42.9 Å². The van der Waals surface area contributed by atoms with Crippen molar-refractivity contribution in [1.82, 2.24) is 14.6 Å². The maximum atomic E-state index is 14.9. The van der Waals surface area contributed by atoms with Crippen molar-refractivity contribution in [3.05, 3.63) is 47.0 Å². The summed E-state index contributed by atoms with van der Waals surface area (Å²) in [5, 5.41) is 6.71. The molecule has 3 N–H and O–H groups in total. The van der Waals surface area contributed by atoms with Crippen LogP contribution in [0.25, 0.3) is 4.96 Å². The van der Waals surface area contributed by atoms with Crippen LogP contribution in [0.4, 0.5) is 10.1 Å². The molecule has 5 rings (SSSR count). The van der Waals surface area contributed by atoms with E-state index in [0.29, 0.717) is 23.5 Å². The molecule has 1 aromatic carbocycles. The highest BCUT2D eigenvalue weighted by Gasteiger charge is 2.56. The van der Waals surface area contributed by atoms with Crippen LogP contribution in [-0.4, -0.2) is 45.3 Å². The van der Waals surface area contributed by atoms with Crippen LogP contribution in [0.1, 0.15) is 48.7 Å². The SMILES string of the molecule is CC1(c2cc(NC(=O)c3cn4ncsc4n3)ccc2F)CS(=O)(=O)C2(CCCC2)C(N)=N1. The maximum absolute atomic E-state index is 14.9. The van der Waals surface area contributed by atoms with Crippen LogP contribution >= 0.6 is 11.3 Å². The van der Waals surface area contributed by atoms with Crippen LogP contribution in [0.15, 0.2) is 34.9 Å². The lowest BCUT2D eigenvalue weighted by atomic mass is 9.92. The molecule has 1 amide bonds. The zero-order chi connectivity index (χ0) is 22.7. The molecule has 168 valence electrons. The van der Waals surface area contributed by atoms with Crippen molar-refractivity contribution in [2.75, 3.05) is 11.1 Å². The molecule has 1 saturated carbocycles. The number of carbonyl (C=O) groups is 1. The summed E-state index contributed by atoms with van der Waals surface area (Å²) in [5.74, 6) is -1.41. The number of imidazole rings is 1. The van der Waals surface area contributed by atoms with E-state index in [9.17, 15) is 17.6 Å². The van der Waals surface area contributed by atoms with Gasteiger partial charge in [-0.15, -0.1) is 0 Å². The molecule has 0 radical (unpaired) electrons. The number of nitrogens with one attached hydrogen (secondary N) is 1. The van der Waals surface area contributed by atoms with E-state index in [2.05, 4.69) is 20.4 Å². The number of anilines is 1. The smallest absolute Gasteiger partial charge is 0.275 e. The maximum Gasteiger partial charge on any atom is 0.275 e. The van der Waals surface area contributed by atoms with Gasteiger partial charge in [-0.2, -0.15) is 5.10 Å². The second kappa shape index (κ2) is 7.07. The van der Waals surface area contributed by atoms with E-state index in [1.807, 2.05) is 0 Å². The number of aromatic nitrogens is 3. The van der Waals surface area contributed by atoms with Gasteiger partial charge in [0.1, 0.15) is 33.1 Å². The van der Waals surface area contributed by atoms with E-state index < -0.39 is 31.8 Å². The second-order valence-electron chi connectivity index (χ2n) is 8.47. The van der Waals surface area contributed by atoms with Crippen molar-refractivity contribution in [3.8, 4) is 0 Å². The van der Waals surface area contributed by atoms with Crippen molar-refractivity contribution in [3.63, 3.8) is 0 Å². The number of sulfone groups is 1. The fourth-order valence-electron chi connectivity index (χ4n) is 4.68. The van der Waals surface area contributed by atoms with E-state index >= 15 is 0 Å². The number of aliphatic imine (C=N–C) groups is 1. The summed E-state index contributed by atoms with van der Waals surface area (Å²) >= 11 is 1.29.